The number of aromatic nitrogens is 2. The van der Waals surface area contributed by atoms with Gasteiger partial charge >= 0.3 is 0 Å². The zero-order chi connectivity index (χ0) is 10.4. The summed E-state index contributed by atoms with van der Waals surface area (Å²) >= 11 is 0. The van der Waals surface area contributed by atoms with E-state index < -0.39 is 0 Å². The number of hydrogen-bond acceptors (Lipinski definition) is 2. The first-order chi connectivity index (χ1) is 7.27. The van der Waals surface area contributed by atoms with Gasteiger partial charge in [0.25, 0.3) is 0 Å². The molecule has 78 valence electrons. The maximum Gasteiger partial charge on any atom is 0.0881 e. The molecule has 15 heavy (non-hydrogen) atoms. The van der Waals surface area contributed by atoms with Crippen molar-refractivity contribution >= 4 is 11.0 Å². The molecule has 2 unspecified atom stereocenters. The van der Waals surface area contributed by atoms with Crippen LogP contribution in [0.15, 0.2) is 30.6 Å². The predicted octanol–water partition coefficient (Wildman–Crippen LogP) is 1.91. The van der Waals surface area contributed by atoms with Crippen LogP contribution in [-0.4, -0.2) is 34.6 Å². The van der Waals surface area contributed by atoms with Gasteiger partial charge in [-0.05, 0) is 38.7 Å². The highest BCUT2D eigenvalue weighted by Crippen LogP contribution is 2.40. The molecular formula is C12H15N3. The summed E-state index contributed by atoms with van der Waals surface area (Å²) in [4.78, 5) is 6.65. The van der Waals surface area contributed by atoms with E-state index in [1.807, 2.05) is 12.3 Å². The van der Waals surface area contributed by atoms with Gasteiger partial charge in [-0.1, -0.05) is 0 Å². The fourth-order valence-corrected chi connectivity index (χ4v) is 2.30. The minimum atomic E-state index is 0.640. The molecule has 0 bridgehead atoms. The van der Waals surface area contributed by atoms with Crippen LogP contribution in [0.3, 0.4) is 0 Å². The van der Waals surface area contributed by atoms with Crippen molar-refractivity contribution in [3.63, 3.8) is 0 Å². The second kappa shape index (κ2) is 3.07. The average molecular weight is 201 g/mol. The van der Waals surface area contributed by atoms with Crippen LogP contribution in [0.25, 0.3) is 11.0 Å². The molecule has 2 heterocycles. The van der Waals surface area contributed by atoms with Crippen molar-refractivity contribution in [2.24, 2.45) is 0 Å². The maximum absolute atomic E-state index is 4.35. The smallest absolute Gasteiger partial charge is 0.0881 e. The third kappa shape index (κ3) is 1.35. The Morgan fingerprint density at radius 2 is 2.27 bits per heavy atom. The van der Waals surface area contributed by atoms with Crippen LogP contribution in [0.1, 0.15) is 12.5 Å². The molecule has 1 aliphatic carbocycles. The topological polar surface area (TPSA) is 21.1 Å². The first kappa shape index (κ1) is 8.92. The lowest BCUT2D eigenvalue weighted by Crippen LogP contribution is -2.17. The highest BCUT2D eigenvalue weighted by molar-refractivity contribution is 5.75. The Kier molecular flexibility index (Phi) is 1.83. The van der Waals surface area contributed by atoms with Crippen molar-refractivity contribution in [3.05, 3.63) is 30.6 Å². The molecule has 0 amide bonds. The van der Waals surface area contributed by atoms with Gasteiger partial charge in [0.05, 0.1) is 17.1 Å². The summed E-state index contributed by atoms with van der Waals surface area (Å²) in [5.41, 5.74) is 2.36. The molecule has 0 radical (unpaired) electrons. The fourth-order valence-electron chi connectivity index (χ4n) is 2.30. The summed E-state index contributed by atoms with van der Waals surface area (Å²) in [5, 5.41) is 0. The molecule has 2 aromatic heterocycles. The van der Waals surface area contributed by atoms with Gasteiger partial charge in [-0.2, -0.15) is 0 Å². The number of rotatable bonds is 2. The van der Waals surface area contributed by atoms with Crippen molar-refractivity contribution in [1.29, 1.82) is 0 Å². The Morgan fingerprint density at radius 3 is 3.00 bits per heavy atom. The Balaban J connectivity index is 2.00. The normalized spacial score (nSPS) is 25.0. The SMILES string of the molecule is CN(C)C1CC1n1ccc2ncccc21. The summed E-state index contributed by atoms with van der Waals surface area (Å²) in [7, 11) is 4.29. The molecule has 3 nitrogen and oxygen atoms in total. The first-order valence-corrected chi connectivity index (χ1v) is 5.35. The first-order valence-electron chi connectivity index (χ1n) is 5.35. The van der Waals surface area contributed by atoms with E-state index in [1.165, 1.54) is 11.9 Å². The lowest BCUT2D eigenvalue weighted by molar-refractivity contribution is 0.377. The lowest BCUT2D eigenvalue weighted by atomic mass is 10.4. The van der Waals surface area contributed by atoms with E-state index >= 15 is 0 Å². The molecule has 1 saturated carbocycles. The summed E-state index contributed by atoms with van der Waals surface area (Å²) in [6.45, 7) is 0. The minimum Gasteiger partial charge on any atom is -0.341 e. The Morgan fingerprint density at radius 1 is 1.40 bits per heavy atom. The van der Waals surface area contributed by atoms with Crippen molar-refractivity contribution in [3.8, 4) is 0 Å². The van der Waals surface area contributed by atoms with E-state index in [4.69, 9.17) is 0 Å². The van der Waals surface area contributed by atoms with Gasteiger partial charge in [-0.15, -0.1) is 0 Å². The zero-order valence-electron chi connectivity index (χ0n) is 9.09. The van der Waals surface area contributed by atoms with E-state index in [-0.39, 0.29) is 0 Å². The second-order valence-corrected chi connectivity index (χ2v) is 4.46. The summed E-state index contributed by atoms with van der Waals surface area (Å²) in [5.74, 6) is 0. The molecule has 0 saturated heterocycles. The van der Waals surface area contributed by atoms with Crippen LogP contribution in [0, 0.1) is 0 Å². The largest absolute Gasteiger partial charge is 0.341 e. The quantitative estimate of drug-likeness (QED) is 0.740. The Hall–Kier alpha value is -1.35. The van der Waals surface area contributed by atoms with E-state index in [2.05, 4.69) is 46.9 Å². The summed E-state index contributed by atoms with van der Waals surface area (Å²) < 4.78 is 2.35. The Bertz CT molecular complexity index is 486. The molecule has 1 fully saturated rings. The van der Waals surface area contributed by atoms with Gasteiger partial charge in [-0.25, -0.2) is 0 Å². The second-order valence-electron chi connectivity index (χ2n) is 4.46. The van der Waals surface area contributed by atoms with Gasteiger partial charge in [-0.3, -0.25) is 4.98 Å². The molecule has 0 aromatic carbocycles. The molecule has 2 atom stereocenters. The molecular weight excluding hydrogens is 186 g/mol. The van der Waals surface area contributed by atoms with Crippen LogP contribution >= 0.6 is 0 Å². The van der Waals surface area contributed by atoms with Crippen LogP contribution in [-0.2, 0) is 0 Å². The standard InChI is InChI=1S/C12H15N3/c1-14(2)11-8-12(11)15-7-5-9-10(15)4-3-6-13-9/h3-7,11-12H,8H2,1-2H3. The minimum absolute atomic E-state index is 0.640. The summed E-state index contributed by atoms with van der Waals surface area (Å²) in [6.07, 6.45) is 5.26. The highest BCUT2D eigenvalue weighted by Gasteiger charge is 2.40. The van der Waals surface area contributed by atoms with Crippen molar-refractivity contribution in [2.75, 3.05) is 14.1 Å². The number of pyridine rings is 1. The molecule has 2 aromatic rings. The van der Waals surface area contributed by atoms with Gasteiger partial charge < -0.3 is 9.47 Å². The van der Waals surface area contributed by atoms with Crippen LogP contribution in [0.5, 0.6) is 0 Å². The van der Waals surface area contributed by atoms with Gasteiger partial charge in [0.1, 0.15) is 0 Å². The van der Waals surface area contributed by atoms with Gasteiger partial charge in [0.2, 0.25) is 0 Å². The highest BCUT2D eigenvalue weighted by atomic mass is 15.2. The molecule has 3 heteroatoms. The summed E-state index contributed by atoms with van der Waals surface area (Å²) in [6, 6.07) is 7.59. The molecule has 1 aliphatic rings. The molecule has 0 aliphatic heterocycles. The number of hydrogen-bond donors (Lipinski definition) is 0. The van der Waals surface area contributed by atoms with Crippen molar-refractivity contribution in [1.82, 2.24) is 14.5 Å². The van der Waals surface area contributed by atoms with Crippen molar-refractivity contribution < 1.29 is 0 Å². The van der Waals surface area contributed by atoms with Crippen molar-refractivity contribution in [2.45, 2.75) is 18.5 Å². The van der Waals surface area contributed by atoms with Crippen LogP contribution in [0.4, 0.5) is 0 Å². The van der Waals surface area contributed by atoms with Gasteiger partial charge in [0.15, 0.2) is 0 Å². The molecule has 0 N–H and O–H groups in total. The zero-order valence-corrected chi connectivity index (χ0v) is 9.09. The van der Waals surface area contributed by atoms with Gasteiger partial charge in [0, 0.05) is 18.4 Å². The van der Waals surface area contributed by atoms with E-state index in [9.17, 15) is 0 Å². The third-order valence-corrected chi connectivity index (χ3v) is 3.23. The maximum atomic E-state index is 4.35. The number of fused-ring (bicyclic) bond motifs is 1. The number of nitrogens with zero attached hydrogens (tertiary/aromatic N) is 3. The predicted molar refractivity (Wildman–Crippen MR) is 60.9 cm³/mol. The van der Waals surface area contributed by atoms with Crippen LogP contribution < -0.4 is 0 Å². The third-order valence-electron chi connectivity index (χ3n) is 3.23. The molecule has 0 spiro atoms. The van der Waals surface area contributed by atoms with E-state index in [0.717, 1.165) is 5.52 Å². The lowest BCUT2D eigenvalue weighted by Gasteiger charge is -2.10. The van der Waals surface area contributed by atoms with E-state index in [1.54, 1.807) is 0 Å². The van der Waals surface area contributed by atoms with E-state index in [0.29, 0.717) is 12.1 Å². The fraction of sp³-hybridized carbons (Fsp3) is 0.417. The monoisotopic (exact) mass is 201 g/mol. The Labute approximate surface area is 89.3 Å². The van der Waals surface area contributed by atoms with Crippen LogP contribution in [0.2, 0.25) is 0 Å². The molecule has 3 rings (SSSR count). The average Bonchev–Trinajstić information content (AvgIpc) is 2.92. The number of likely N-dealkylation sites (N-methyl/N-ethyl adjacent to an activating group) is 1.